The number of rotatable bonds is 7. The third-order valence-corrected chi connectivity index (χ3v) is 2.74. The first-order valence-corrected chi connectivity index (χ1v) is 6.09. The number of alkyl halides is 3. The van der Waals surface area contributed by atoms with E-state index in [9.17, 15) is 13.2 Å². The molecule has 5 heteroatoms. The number of ether oxygens (including phenoxy) is 1. The van der Waals surface area contributed by atoms with Gasteiger partial charge in [0.05, 0.1) is 18.4 Å². The highest BCUT2D eigenvalue weighted by Gasteiger charge is 2.33. The van der Waals surface area contributed by atoms with E-state index >= 15 is 0 Å². The average Bonchev–Trinajstić information content (AvgIpc) is 2.37. The summed E-state index contributed by atoms with van der Waals surface area (Å²) in [4.78, 5) is 0. The van der Waals surface area contributed by atoms with Crippen molar-refractivity contribution < 1.29 is 17.9 Å². The molecule has 0 bridgehead atoms. The van der Waals surface area contributed by atoms with Crippen LogP contribution in [-0.4, -0.2) is 13.2 Å². The van der Waals surface area contributed by atoms with E-state index in [1.165, 1.54) is 18.4 Å². The molecular weight excluding hydrogens is 255 g/mol. The molecule has 0 fully saturated rings. The summed E-state index contributed by atoms with van der Waals surface area (Å²) in [5, 5.41) is 3.06. The molecule has 0 heterocycles. The molecule has 0 aliphatic heterocycles. The molecule has 1 unspecified atom stereocenters. The van der Waals surface area contributed by atoms with Crippen molar-refractivity contribution in [3.8, 4) is 0 Å². The highest BCUT2D eigenvalue weighted by molar-refractivity contribution is 5.31. The Morgan fingerprint density at radius 1 is 1.37 bits per heavy atom. The molecule has 1 N–H and O–H groups in total. The summed E-state index contributed by atoms with van der Waals surface area (Å²) in [7, 11) is 0. The van der Waals surface area contributed by atoms with Gasteiger partial charge in [-0.05, 0) is 31.5 Å². The van der Waals surface area contributed by atoms with Gasteiger partial charge in [0.2, 0.25) is 0 Å². The van der Waals surface area contributed by atoms with Gasteiger partial charge in [-0.2, -0.15) is 13.2 Å². The van der Waals surface area contributed by atoms with E-state index in [2.05, 4.69) is 11.9 Å². The molecule has 1 aromatic carbocycles. The van der Waals surface area contributed by atoms with Crippen LogP contribution in [0.5, 0.6) is 0 Å². The van der Waals surface area contributed by atoms with Gasteiger partial charge in [-0.25, -0.2) is 0 Å². The molecule has 1 rings (SSSR count). The van der Waals surface area contributed by atoms with Crippen LogP contribution in [0.2, 0.25) is 0 Å². The van der Waals surface area contributed by atoms with E-state index in [4.69, 9.17) is 4.74 Å². The minimum absolute atomic E-state index is 0.264. The topological polar surface area (TPSA) is 21.3 Å². The van der Waals surface area contributed by atoms with Gasteiger partial charge in [0.25, 0.3) is 0 Å². The summed E-state index contributed by atoms with van der Waals surface area (Å²) in [5.41, 5.74) is -0.322. The number of nitrogens with one attached hydrogen (secondary N) is 1. The molecule has 1 atom stereocenters. The minimum atomic E-state index is -4.32. The Labute approximate surface area is 111 Å². The average molecular weight is 273 g/mol. The van der Waals surface area contributed by atoms with Crippen LogP contribution in [-0.2, 0) is 10.9 Å². The van der Waals surface area contributed by atoms with Crippen LogP contribution < -0.4 is 5.32 Å². The van der Waals surface area contributed by atoms with E-state index < -0.39 is 11.7 Å². The smallest absolute Gasteiger partial charge is 0.416 e. The lowest BCUT2D eigenvalue weighted by atomic mass is 10.0. The van der Waals surface area contributed by atoms with Crippen molar-refractivity contribution in [1.29, 1.82) is 0 Å². The standard InChI is InChI=1S/C14H18F3NO/c1-3-19-10-6-9-18-11(2)12-7-4-5-8-13(12)14(15,16)17/h3-5,7-8,11,18H,1,6,9-10H2,2H3. The Kier molecular flexibility index (Phi) is 5.89. The van der Waals surface area contributed by atoms with Crippen LogP contribution in [0, 0.1) is 0 Å². The Hall–Kier alpha value is -1.49. The number of halogens is 3. The lowest BCUT2D eigenvalue weighted by Gasteiger charge is -2.19. The van der Waals surface area contributed by atoms with Crippen molar-refractivity contribution in [2.24, 2.45) is 0 Å². The summed E-state index contributed by atoms with van der Waals surface area (Å²) >= 11 is 0. The molecule has 19 heavy (non-hydrogen) atoms. The zero-order chi connectivity index (χ0) is 14.3. The summed E-state index contributed by atoms with van der Waals surface area (Å²) in [5.74, 6) is 0. The molecule has 0 aliphatic carbocycles. The normalized spacial score (nSPS) is 13.1. The van der Waals surface area contributed by atoms with Crippen LogP contribution >= 0.6 is 0 Å². The van der Waals surface area contributed by atoms with Gasteiger partial charge in [-0.1, -0.05) is 24.8 Å². The Morgan fingerprint density at radius 3 is 2.68 bits per heavy atom. The van der Waals surface area contributed by atoms with E-state index in [-0.39, 0.29) is 11.6 Å². The van der Waals surface area contributed by atoms with Gasteiger partial charge < -0.3 is 10.1 Å². The van der Waals surface area contributed by atoms with Crippen LogP contribution in [0.3, 0.4) is 0 Å². The second kappa shape index (κ2) is 7.19. The summed E-state index contributed by atoms with van der Waals surface area (Å²) in [6, 6.07) is 5.26. The highest BCUT2D eigenvalue weighted by atomic mass is 19.4. The quantitative estimate of drug-likeness (QED) is 0.601. The second-order valence-corrected chi connectivity index (χ2v) is 4.15. The van der Waals surface area contributed by atoms with Gasteiger partial charge in [-0.3, -0.25) is 0 Å². The lowest BCUT2D eigenvalue weighted by Crippen LogP contribution is -2.23. The summed E-state index contributed by atoms with van der Waals surface area (Å²) in [6.45, 7) is 6.22. The SMILES string of the molecule is C=COCCCNC(C)c1ccccc1C(F)(F)F. The predicted molar refractivity (Wildman–Crippen MR) is 68.6 cm³/mol. The van der Waals surface area contributed by atoms with Crippen LogP contribution in [0.1, 0.15) is 30.5 Å². The van der Waals surface area contributed by atoms with Gasteiger partial charge in [0, 0.05) is 6.04 Å². The third kappa shape index (κ3) is 4.95. The molecule has 0 aliphatic rings. The Balaban J connectivity index is 2.61. The fourth-order valence-corrected chi connectivity index (χ4v) is 1.80. The molecule has 0 spiro atoms. The molecular formula is C14H18F3NO. The Morgan fingerprint density at radius 2 is 2.05 bits per heavy atom. The van der Waals surface area contributed by atoms with E-state index in [0.29, 0.717) is 19.6 Å². The minimum Gasteiger partial charge on any atom is -0.502 e. The van der Waals surface area contributed by atoms with Gasteiger partial charge >= 0.3 is 6.18 Å². The zero-order valence-electron chi connectivity index (χ0n) is 10.8. The first-order chi connectivity index (χ1) is 8.96. The van der Waals surface area contributed by atoms with Crippen molar-refractivity contribution in [3.63, 3.8) is 0 Å². The zero-order valence-corrected chi connectivity index (χ0v) is 10.8. The maximum absolute atomic E-state index is 12.8. The monoisotopic (exact) mass is 273 g/mol. The molecule has 1 aromatic rings. The molecule has 0 saturated heterocycles. The fraction of sp³-hybridized carbons (Fsp3) is 0.429. The molecule has 2 nitrogen and oxygen atoms in total. The van der Waals surface area contributed by atoms with Gasteiger partial charge in [0.1, 0.15) is 0 Å². The molecule has 0 saturated carbocycles. The summed E-state index contributed by atoms with van der Waals surface area (Å²) in [6.07, 6.45) is -2.26. The first kappa shape index (κ1) is 15.6. The van der Waals surface area contributed by atoms with E-state index in [1.54, 1.807) is 13.0 Å². The largest absolute Gasteiger partial charge is 0.502 e. The van der Waals surface area contributed by atoms with Crippen molar-refractivity contribution in [3.05, 3.63) is 48.2 Å². The van der Waals surface area contributed by atoms with Crippen molar-refractivity contribution in [1.82, 2.24) is 5.32 Å². The maximum Gasteiger partial charge on any atom is 0.416 e. The number of benzene rings is 1. The van der Waals surface area contributed by atoms with Crippen LogP contribution in [0.15, 0.2) is 37.1 Å². The third-order valence-electron chi connectivity index (χ3n) is 2.74. The van der Waals surface area contributed by atoms with Gasteiger partial charge in [-0.15, -0.1) is 0 Å². The van der Waals surface area contributed by atoms with Crippen molar-refractivity contribution >= 4 is 0 Å². The second-order valence-electron chi connectivity index (χ2n) is 4.15. The lowest BCUT2D eigenvalue weighted by molar-refractivity contribution is -0.138. The molecule has 0 radical (unpaired) electrons. The van der Waals surface area contributed by atoms with Crippen LogP contribution in [0.4, 0.5) is 13.2 Å². The highest BCUT2D eigenvalue weighted by Crippen LogP contribution is 2.34. The van der Waals surface area contributed by atoms with Crippen LogP contribution in [0.25, 0.3) is 0 Å². The number of hydrogen-bond donors (Lipinski definition) is 1. The maximum atomic E-state index is 12.8. The predicted octanol–water partition coefficient (Wildman–Crippen LogP) is 3.91. The van der Waals surface area contributed by atoms with E-state index in [1.807, 2.05) is 0 Å². The fourth-order valence-electron chi connectivity index (χ4n) is 1.80. The number of hydrogen-bond acceptors (Lipinski definition) is 2. The van der Waals surface area contributed by atoms with Gasteiger partial charge in [0.15, 0.2) is 0 Å². The molecule has 0 aromatic heterocycles. The molecule has 106 valence electrons. The van der Waals surface area contributed by atoms with Crippen molar-refractivity contribution in [2.45, 2.75) is 25.6 Å². The molecule has 0 amide bonds. The Bertz CT molecular complexity index is 404. The van der Waals surface area contributed by atoms with E-state index in [0.717, 1.165) is 6.07 Å². The first-order valence-electron chi connectivity index (χ1n) is 6.09. The summed E-state index contributed by atoms with van der Waals surface area (Å²) < 4.78 is 43.5. The van der Waals surface area contributed by atoms with Crippen molar-refractivity contribution in [2.75, 3.05) is 13.2 Å².